The molecule has 3 rings (SSSR count). The van der Waals surface area contributed by atoms with E-state index in [2.05, 4.69) is 29.1 Å². The van der Waals surface area contributed by atoms with E-state index in [-0.39, 0.29) is 17.9 Å². The molecule has 0 fully saturated rings. The molecule has 6 nitrogen and oxygen atoms in total. The van der Waals surface area contributed by atoms with Crippen LogP contribution >= 0.6 is 22.9 Å². The van der Waals surface area contributed by atoms with Crippen molar-refractivity contribution in [2.45, 2.75) is 33.4 Å². The summed E-state index contributed by atoms with van der Waals surface area (Å²) < 4.78 is 7.66. The van der Waals surface area contributed by atoms with Crippen LogP contribution in [0, 0.1) is 12.8 Å². The summed E-state index contributed by atoms with van der Waals surface area (Å²) in [6.45, 7) is 6.25. The Balaban J connectivity index is 1.70. The highest BCUT2D eigenvalue weighted by atomic mass is 35.5. The predicted molar refractivity (Wildman–Crippen MR) is 111 cm³/mol. The Labute approximate surface area is 173 Å². The predicted octanol–water partition coefficient (Wildman–Crippen LogP) is 4.54. The normalized spacial score (nSPS) is 12.2. The molecular formula is C20H23ClN4O2S. The molecule has 2 aromatic heterocycles. The number of amides is 1. The van der Waals surface area contributed by atoms with Crippen molar-refractivity contribution in [3.05, 3.63) is 63.1 Å². The van der Waals surface area contributed by atoms with Crippen LogP contribution < -0.4 is 10.1 Å². The number of imidazole rings is 1. The number of hydrogen-bond donors (Lipinski definition) is 1. The Morgan fingerprint density at radius 2 is 2.04 bits per heavy atom. The number of rotatable bonds is 7. The van der Waals surface area contributed by atoms with Gasteiger partial charge in [0.25, 0.3) is 5.91 Å². The Bertz CT molecular complexity index is 950. The topological polar surface area (TPSA) is 69.0 Å². The van der Waals surface area contributed by atoms with Gasteiger partial charge in [0.1, 0.15) is 28.1 Å². The average molecular weight is 419 g/mol. The van der Waals surface area contributed by atoms with Crippen LogP contribution in [0.2, 0.25) is 5.02 Å². The fraction of sp³-hybridized carbons (Fsp3) is 0.350. The highest BCUT2D eigenvalue weighted by molar-refractivity contribution is 7.13. The molecule has 0 spiro atoms. The Morgan fingerprint density at radius 3 is 2.64 bits per heavy atom. The van der Waals surface area contributed by atoms with Crippen LogP contribution in [-0.4, -0.2) is 20.4 Å². The van der Waals surface area contributed by atoms with E-state index in [1.54, 1.807) is 30.5 Å². The number of thiazole rings is 1. The molecule has 0 radical (unpaired) electrons. The van der Waals surface area contributed by atoms with E-state index in [9.17, 15) is 4.79 Å². The van der Waals surface area contributed by atoms with Gasteiger partial charge in [-0.15, -0.1) is 11.3 Å². The van der Waals surface area contributed by atoms with Gasteiger partial charge < -0.3 is 14.6 Å². The van der Waals surface area contributed by atoms with E-state index in [0.29, 0.717) is 28.0 Å². The van der Waals surface area contributed by atoms with Gasteiger partial charge in [0, 0.05) is 24.5 Å². The maximum Gasteiger partial charge on any atom is 0.263 e. The number of benzene rings is 1. The van der Waals surface area contributed by atoms with Gasteiger partial charge in [-0.1, -0.05) is 25.4 Å². The molecule has 0 aliphatic carbocycles. The van der Waals surface area contributed by atoms with Crippen molar-refractivity contribution < 1.29 is 9.53 Å². The second kappa shape index (κ2) is 8.75. The van der Waals surface area contributed by atoms with Gasteiger partial charge in [0.05, 0.1) is 11.7 Å². The summed E-state index contributed by atoms with van der Waals surface area (Å²) in [6, 6.07) is 6.97. The number of hydrogen-bond acceptors (Lipinski definition) is 5. The molecule has 0 aliphatic heterocycles. The number of aromatic nitrogens is 3. The molecule has 148 valence electrons. The van der Waals surface area contributed by atoms with Crippen LogP contribution in [0.25, 0.3) is 0 Å². The first-order valence-electron chi connectivity index (χ1n) is 8.98. The second-order valence-electron chi connectivity index (χ2n) is 6.86. The molecule has 0 unspecified atom stereocenters. The van der Waals surface area contributed by atoms with Crippen LogP contribution in [-0.2, 0) is 13.7 Å². The zero-order valence-corrected chi connectivity index (χ0v) is 17.8. The molecule has 0 aliphatic rings. The number of carbonyl (C=O) groups excluding carboxylic acids is 1. The van der Waals surface area contributed by atoms with E-state index in [4.69, 9.17) is 16.3 Å². The first-order chi connectivity index (χ1) is 13.3. The number of carbonyl (C=O) groups is 1. The highest BCUT2D eigenvalue weighted by Gasteiger charge is 2.25. The van der Waals surface area contributed by atoms with Gasteiger partial charge in [-0.3, -0.25) is 4.79 Å². The minimum Gasteiger partial charge on any atom is -0.486 e. The summed E-state index contributed by atoms with van der Waals surface area (Å²) in [4.78, 5) is 22.3. The number of halogens is 1. The minimum absolute atomic E-state index is 0.144. The third kappa shape index (κ3) is 4.72. The maximum atomic E-state index is 12.9. The summed E-state index contributed by atoms with van der Waals surface area (Å²) in [7, 11) is 1.92. The standard InChI is InChI=1S/C20H23ClN4O2S/c1-12(2)17(19-22-9-10-25(19)4)24-20(26)18-13(3)23-16(28-18)11-27-15-7-5-14(21)6-8-15/h5-10,12,17H,11H2,1-4H3,(H,24,26)/t17-/m1/s1. The molecule has 0 saturated carbocycles. The molecule has 3 aromatic rings. The smallest absolute Gasteiger partial charge is 0.263 e. The molecule has 0 bridgehead atoms. The summed E-state index contributed by atoms with van der Waals surface area (Å²) >= 11 is 7.23. The summed E-state index contributed by atoms with van der Waals surface area (Å²) in [5.74, 6) is 1.59. The van der Waals surface area contributed by atoms with Gasteiger partial charge in [0.2, 0.25) is 0 Å². The van der Waals surface area contributed by atoms with Gasteiger partial charge in [0.15, 0.2) is 0 Å². The lowest BCUT2D eigenvalue weighted by molar-refractivity contribution is 0.0925. The highest BCUT2D eigenvalue weighted by Crippen LogP contribution is 2.24. The van der Waals surface area contributed by atoms with Crippen molar-refractivity contribution in [2.75, 3.05) is 0 Å². The largest absolute Gasteiger partial charge is 0.486 e. The lowest BCUT2D eigenvalue weighted by Crippen LogP contribution is -2.33. The van der Waals surface area contributed by atoms with Crippen molar-refractivity contribution in [3.63, 3.8) is 0 Å². The van der Waals surface area contributed by atoms with E-state index in [1.165, 1.54) is 11.3 Å². The molecule has 28 heavy (non-hydrogen) atoms. The van der Waals surface area contributed by atoms with E-state index < -0.39 is 0 Å². The lowest BCUT2D eigenvalue weighted by Gasteiger charge is -2.21. The number of nitrogens with one attached hydrogen (secondary N) is 1. The Morgan fingerprint density at radius 1 is 1.32 bits per heavy atom. The summed E-state index contributed by atoms with van der Waals surface area (Å²) in [5, 5.41) is 4.51. The number of nitrogens with zero attached hydrogens (tertiary/aromatic N) is 3. The zero-order valence-electron chi connectivity index (χ0n) is 16.3. The van der Waals surface area contributed by atoms with Crippen LogP contribution in [0.15, 0.2) is 36.7 Å². The lowest BCUT2D eigenvalue weighted by atomic mass is 10.0. The Kier molecular flexibility index (Phi) is 6.36. The molecule has 1 atom stereocenters. The van der Waals surface area contributed by atoms with Crippen LogP contribution in [0.5, 0.6) is 5.75 Å². The first-order valence-corrected chi connectivity index (χ1v) is 10.2. The van der Waals surface area contributed by atoms with Crippen molar-refractivity contribution >= 4 is 28.8 Å². The summed E-state index contributed by atoms with van der Waals surface area (Å²) in [5.41, 5.74) is 0.694. The van der Waals surface area contributed by atoms with Crippen LogP contribution in [0.1, 0.15) is 46.1 Å². The van der Waals surface area contributed by atoms with E-state index >= 15 is 0 Å². The molecule has 1 N–H and O–H groups in total. The average Bonchev–Trinajstić information content (AvgIpc) is 3.24. The second-order valence-corrected chi connectivity index (χ2v) is 8.38. The first kappa shape index (κ1) is 20.4. The van der Waals surface area contributed by atoms with Crippen molar-refractivity contribution in [2.24, 2.45) is 13.0 Å². The van der Waals surface area contributed by atoms with Gasteiger partial charge in [-0.05, 0) is 37.1 Å². The van der Waals surface area contributed by atoms with Crippen molar-refractivity contribution in [1.82, 2.24) is 19.9 Å². The number of aryl methyl sites for hydroxylation is 2. The third-order valence-corrected chi connectivity index (χ3v) is 5.69. The van der Waals surface area contributed by atoms with Gasteiger partial charge >= 0.3 is 0 Å². The quantitative estimate of drug-likeness (QED) is 0.611. The van der Waals surface area contributed by atoms with Crippen LogP contribution in [0.3, 0.4) is 0 Å². The van der Waals surface area contributed by atoms with Gasteiger partial charge in [-0.25, -0.2) is 9.97 Å². The third-order valence-electron chi connectivity index (χ3n) is 4.31. The molecule has 8 heteroatoms. The minimum atomic E-state index is -0.178. The monoisotopic (exact) mass is 418 g/mol. The van der Waals surface area contributed by atoms with Crippen LogP contribution in [0.4, 0.5) is 0 Å². The van der Waals surface area contributed by atoms with Crippen molar-refractivity contribution in [1.29, 1.82) is 0 Å². The maximum absolute atomic E-state index is 12.9. The Hall–Kier alpha value is -2.38. The van der Waals surface area contributed by atoms with E-state index in [0.717, 1.165) is 10.8 Å². The fourth-order valence-electron chi connectivity index (χ4n) is 2.81. The molecule has 0 saturated heterocycles. The molecular weight excluding hydrogens is 396 g/mol. The van der Waals surface area contributed by atoms with Gasteiger partial charge in [-0.2, -0.15) is 0 Å². The SMILES string of the molecule is Cc1nc(COc2ccc(Cl)cc2)sc1C(=O)N[C@@H](c1nccn1C)C(C)C. The van der Waals surface area contributed by atoms with Crippen molar-refractivity contribution in [3.8, 4) is 5.75 Å². The summed E-state index contributed by atoms with van der Waals surface area (Å²) in [6.07, 6.45) is 3.61. The number of ether oxygens (including phenoxy) is 1. The fourth-order valence-corrected chi connectivity index (χ4v) is 3.82. The molecule has 1 aromatic carbocycles. The molecule has 2 heterocycles. The molecule has 1 amide bonds. The van der Waals surface area contributed by atoms with E-state index in [1.807, 2.05) is 24.7 Å². The zero-order chi connectivity index (χ0) is 20.3.